The maximum Gasteiger partial charge on any atom is 0.338 e. The van der Waals surface area contributed by atoms with Crippen molar-refractivity contribution in [1.29, 1.82) is 0 Å². The molecule has 0 amide bonds. The zero-order valence-electron chi connectivity index (χ0n) is 14.5. The van der Waals surface area contributed by atoms with E-state index in [9.17, 15) is 4.79 Å². The number of carbonyl (C=O) groups excluding carboxylic acids is 1. The van der Waals surface area contributed by atoms with Crippen molar-refractivity contribution in [3.8, 4) is 5.69 Å². The summed E-state index contributed by atoms with van der Waals surface area (Å²) in [6.45, 7) is 7.64. The number of carbonyl (C=O) groups is 1. The van der Waals surface area contributed by atoms with Crippen LogP contribution in [0.3, 0.4) is 0 Å². The van der Waals surface area contributed by atoms with Crippen molar-refractivity contribution in [3.63, 3.8) is 0 Å². The number of aromatic nitrogens is 5. The highest BCUT2D eigenvalue weighted by Gasteiger charge is 2.25. The van der Waals surface area contributed by atoms with Crippen molar-refractivity contribution in [2.75, 3.05) is 0 Å². The van der Waals surface area contributed by atoms with Crippen molar-refractivity contribution in [3.05, 3.63) is 54.2 Å². The molecule has 3 aromatic rings. The molecule has 0 fully saturated rings. The predicted molar refractivity (Wildman–Crippen MR) is 88.2 cm³/mol. The van der Waals surface area contributed by atoms with Gasteiger partial charge in [-0.2, -0.15) is 10.1 Å². The number of hydrogen-bond donors (Lipinski definition) is 0. The summed E-state index contributed by atoms with van der Waals surface area (Å²) < 4.78 is 12.2. The number of esters is 1. The van der Waals surface area contributed by atoms with Crippen LogP contribution >= 0.6 is 0 Å². The molecule has 8 heteroatoms. The minimum Gasteiger partial charge on any atom is -0.449 e. The molecular weight excluding hydrogens is 322 g/mol. The number of hydrogen-bond acceptors (Lipinski definition) is 7. The molecule has 3 rings (SSSR count). The SMILES string of the molecule is C[C@@H](OC(=O)c1ccc(-n2cncn2)cc1)c1nc(C(C)(C)C)no1. The van der Waals surface area contributed by atoms with Crippen molar-refractivity contribution in [2.45, 2.75) is 39.2 Å². The first-order valence-corrected chi connectivity index (χ1v) is 7.85. The molecule has 0 aliphatic heterocycles. The number of rotatable bonds is 4. The lowest BCUT2D eigenvalue weighted by atomic mass is 9.96. The van der Waals surface area contributed by atoms with Crippen LogP contribution < -0.4 is 0 Å². The summed E-state index contributed by atoms with van der Waals surface area (Å²) in [6, 6.07) is 6.86. The quantitative estimate of drug-likeness (QED) is 0.673. The third kappa shape index (κ3) is 3.73. The smallest absolute Gasteiger partial charge is 0.338 e. The number of ether oxygens (including phenoxy) is 1. The van der Waals surface area contributed by atoms with Gasteiger partial charge in [0.1, 0.15) is 12.7 Å². The Bertz CT molecular complexity index is 847. The molecule has 0 aliphatic rings. The molecule has 0 saturated carbocycles. The van der Waals surface area contributed by atoms with Crippen molar-refractivity contribution >= 4 is 5.97 Å². The molecule has 2 heterocycles. The third-order valence-electron chi connectivity index (χ3n) is 3.53. The summed E-state index contributed by atoms with van der Waals surface area (Å²) in [6.07, 6.45) is 2.39. The molecule has 2 aromatic heterocycles. The summed E-state index contributed by atoms with van der Waals surface area (Å²) in [5, 5.41) is 7.97. The molecule has 0 unspecified atom stereocenters. The van der Waals surface area contributed by atoms with E-state index in [1.807, 2.05) is 20.8 Å². The van der Waals surface area contributed by atoms with Crippen LogP contribution in [0.4, 0.5) is 0 Å². The first kappa shape index (κ1) is 16.8. The van der Waals surface area contributed by atoms with E-state index in [0.29, 0.717) is 11.4 Å². The molecule has 0 N–H and O–H groups in total. The molecule has 0 bridgehead atoms. The molecule has 1 atom stereocenters. The number of nitrogens with zero attached hydrogens (tertiary/aromatic N) is 5. The second-order valence-corrected chi connectivity index (χ2v) is 6.64. The van der Waals surface area contributed by atoms with Crippen molar-refractivity contribution in [1.82, 2.24) is 24.9 Å². The van der Waals surface area contributed by atoms with Gasteiger partial charge in [-0.1, -0.05) is 25.9 Å². The molecule has 8 nitrogen and oxygen atoms in total. The van der Waals surface area contributed by atoms with Gasteiger partial charge in [-0.25, -0.2) is 14.5 Å². The first-order valence-electron chi connectivity index (χ1n) is 7.85. The highest BCUT2D eigenvalue weighted by Crippen LogP contribution is 2.23. The van der Waals surface area contributed by atoms with Gasteiger partial charge in [0.2, 0.25) is 0 Å². The van der Waals surface area contributed by atoms with Crippen LogP contribution in [-0.4, -0.2) is 30.9 Å². The van der Waals surface area contributed by atoms with E-state index in [0.717, 1.165) is 5.69 Å². The fraction of sp³-hybridized carbons (Fsp3) is 0.353. The van der Waals surface area contributed by atoms with E-state index in [-0.39, 0.29) is 11.3 Å². The van der Waals surface area contributed by atoms with Gasteiger partial charge in [0, 0.05) is 5.41 Å². The molecule has 0 radical (unpaired) electrons. The van der Waals surface area contributed by atoms with Gasteiger partial charge in [0.25, 0.3) is 5.89 Å². The van der Waals surface area contributed by atoms with E-state index >= 15 is 0 Å². The molecular formula is C17H19N5O3. The summed E-state index contributed by atoms with van der Waals surface area (Å²) in [5.74, 6) is 0.383. The van der Waals surface area contributed by atoms with Gasteiger partial charge < -0.3 is 9.26 Å². The second-order valence-electron chi connectivity index (χ2n) is 6.64. The normalized spacial score (nSPS) is 12.8. The molecule has 1 aromatic carbocycles. The average molecular weight is 341 g/mol. The summed E-state index contributed by atoms with van der Waals surface area (Å²) >= 11 is 0. The molecule has 0 saturated heterocycles. The monoisotopic (exact) mass is 341 g/mol. The lowest BCUT2D eigenvalue weighted by Gasteiger charge is -2.12. The second kappa shape index (κ2) is 6.46. The third-order valence-corrected chi connectivity index (χ3v) is 3.53. The zero-order chi connectivity index (χ0) is 18.0. The van der Waals surface area contributed by atoms with E-state index in [1.54, 1.807) is 42.2 Å². The summed E-state index contributed by atoms with van der Waals surface area (Å²) in [4.78, 5) is 20.5. The van der Waals surface area contributed by atoms with E-state index in [2.05, 4.69) is 20.2 Å². The zero-order valence-corrected chi connectivity index (χ0v) is 14.5. The fourth-order valence-corrected chi connectivity index (χ4v) is 2.08. The maximum absolute atomic E-state index is 12.3. The standard InChI is InChI=1S/C17H19N5O3/c1-11(14-20-16(21-25-14)17(2,3)4)24-15(23)12-5-7-13(8-6-12)22-10-18-9-19-22/h5-11H,1-4H3/t11-/m1/s1. The highest BCUT2D eigenvalue weighted by atomic mass is 16.6. The van der Waals surface area contributed by atoms with Crippen LogP contribution in [0.2, 0.25) is 0 Å². The average Bonchev–Trinajstić information content (AvgIpc) is 3.26. The fourth-order valence-electron chi connectivity index (χ4n) is 2.08. The van der Waals surface area contributed by atoms with E-state index in [1.165, 1.54) is 6.33 Å². The van der Waals surface area contributed by atoms with Crippen molar-refractivity contribution in [2.24, 2.45) is 0 Å². The largest absolute Gasteiger partial charge is 0.449 e. The lowest BCUT2D eigenvalue weighted by molar-refractivity contribution is 0.0265. The first-order chi connectivity index (χ1) is 11.8. The van der Waals surface area contributed by atoms with Gasteiger partial charge >= 0.3 is 5.97 Å². The Labute approximate surface area is 144 Å². The molecule has 0 aliphatic carbocycles. The highest BCUT2D eigenvalue weighted by molar-refractivity contribution is 5.89. The predicted octanol–water partition coefficient (Wildman–Crippen LogP) is 2.87. The minimum absolute atomic E-state index is 0.233. The Morgan fingerprint density at radius 3 is 2.52 bits per heavy atom. The van der Waals surface area contributed by atoms with Gasteiger partial charge in [-0.15, -0.1) is 0 Å². The van der Waals surface area contributed by atoms with Crippen LogP contribution in [0.15, 0.2) is 41.4 Å². The van der Waals surface area contributed by atoms with Gasteiger partial charge in [-0.05, 0) is 31.2 Å². The van der Waals surface area contributed by atoms with Gasteiger partial charge in [0.05, 0.1) is 11.3 Å². The maximum atomic E-state index is 12.3. The van der Waals surface area contributed by atoms with Crippen LogP contribution in [-0.2, 0) is 10.2 Å². The van der Waals surface area contributed by atoms with Crippen molar-refractivity contribution < 1.29 is 14.1 Å². The lowest BCUT2D eigenvalue weighted by Crippen LogP contribution is -2.14. The van der Waals surface area contributed by atoms with E-state index < -0.39 is 12.1 Å². The Hall–Kier alpha value is -3.03. The summed E-state index contributed by atoms with van der Waals surface area (Å²) in [7, 11) is 0. The molecule has 0 spiro atoms. The Morgan fingerprint density at radius 1 is 1.24 bits per heavy atom. The Morgan fingerprint density at radius 2 is 1.96 bits per heavy atom. The van der Waals surface area contributed by atoms with E-state index in [4.69, 9.17) is 9.26 Å². The van der Waals surface area contributed by atoms with Crippen LogP contribution in [0.5, 0.6) is 0 Å². The van der Waals surface area contributed by atoms with Gasteiger partial charge in [0.15, 0.2) is 11.9 Å². The van der Waals surface area contributed by atoms with Crippen LogP contribution in [0.25, 0.3) is 5.69 Å². The Kier molecular flexibility index (Phi) is 4.35. The minimum atomic E-state index is -0.633. The molecule has 130 valence electrons. The summed E-state index contributed by atoms with van der Waals surface area (Å²) in [5.41, 5.74) is 0.989. The van der Waals surface area contributed by atoms with Crippen LogP contribution in [0.1, 0.15) is 55.9 Å². The number of benzene rings is 1. The van der Waals surface area contributed by atoms with Crippen LogP contribution in [0, 0.1) is 0 Å². The van der Waals surface area contributed by atoms with Gasteiger partial charge in [-0.3, -0.25) is 0 Å². The molecule has 25 heavy (non-hydrogen) atoms. The topological polar surface area (TPSA) is 95.9 Å². The Balaban J connectivity index is 1.68.